The van der Waals surface area contributed by atoms with Crippen molar-refractivity contribution in [3.05, 3.63) is 78.6 Å². The first kappa shape index (κ1) is 16.7. The monoisotopic (exact) mass is 365 g/mol. The van der Waals surface area contributed by atoms with E-state index in [9.17, 15) is 5.11 Å². The topological polar surface area (TPSA) is 66.2 Å². The Kier molecular flexibility index (Phi) is 4.64. The third-order valence-electron chi connectivity index (χ3n) is 4.56. The molecule has 0 radical (unpaired) electrons. The van der Waals surface area contributed by atoms with E-state index in [0.717, 1.165) is 17.1 Å². The van der Waals surface area contributed by atoms with Crippen LogP contribution in [0.3, 0.4) is 0 Å². The summed E-state index contributed by atoms with van der Waals surface area (Å²) >= 11 is 5.55. The summed E-state index contributed by atoms with van der Waals surface area (Å²) < 4.78 is 2.13. The summed E-state index contributed by atoms with van der Waals surface area (Å²) in [6.45, 7) is 0.491. The van der Waals surface area contributed by atoms with Crippen LogP contribution in [0.4, 0.5) is 0 Å². The smallest absolute Gasteiger partial charge is 0.170 e. The third-order valence-corrected chi connectivity index (χ3v) is 4.92. The van der Waals surface area contributed by atoms with Crippen LogP contribution in [0.5, 0.6) is 0 Å². The quantitative estimate of drug-likeness (QED) is 0.676. The average Bonchev–Trinajstić information content (AvgIpc) is 3.28. The molecule has 0 unspecified atom stereocenters. The van der Waals surface area contributed by atoms with Crippen LogP contribution in [0, 0.1) is 0 Å². The Labute approximate surface area is 157 Å². The second kappa shape index (κ2) is 7.23. The van der Waals surface area contributed by atoms with Crippen LogP contribution in [-0.2, 0) is 0 Å². The lowest BCUT2D eigenvalue weighted by Crippen LogP contribution is -2.32. The second-order valence-corrected chi connectivity index (χ2v) is 6.44. The molecule has 3 aromatic rings. The summed E-state index contributed by atoms with van der Waals surface area (Å²) in [4.78, 5) is 10.7. The number of β-amino-alcohol motifs (C(OH)–C–C–N with tert-alkyl or cyclic N) is 1. The number of aromatic nitrogens is 3. The maximum Gasteiger partial charge on any atom is 0.170 e. The summed E-state index contributed by atoms with van der Waals surface area (Å²) in [7, 11) is 0. The SMILES string of the molecule is OCCN1C(=S)N[C@H](c2ccccn2)[C@H]1c1cccn1-c1ccncc1. The molecular weight excluding hydrogens is 346 g/mol. The minimum atomic E-state index is -0.0919. The predicted octanol–water partition coefficient (Wildman–Crippen LogP) is 2.23. The first-order valence-corrected chi connectivity index (χ1v) is 8.87. The highest BCUT2D eigenvalue weighted by molar-refractivity contribution is 7.80. The van der Waals surface area contributed by atoms with Crippen molar-refractivity contribution in [2.75, 3.05) is 13.2 Å². The number of hydrogen-bond acceptors (Lipinski definition) is 4. The molecule has 4 rings (SSSR count). The van der Waals surface area contributed by atoms with Crippen LogP contribution >= 0.6 is 12.2 Å². The van der Waals surface area contributed by atoms with Crippen LogP contribution in [0.1, 0.15) is 23.5 Å². The standard InChI is InChI=1S/C19H19N5OS/c25-13-12-24-18(17(22-19(24)26)15-4-1-2-8-21-15)16-5-3-11-23(16)14-6-9-20-10-7-14/h1-11,17-18,25H,12-13H2,(H,22,26)/t17-,18-/m1/s1. The molecule has 4 heterocycles. The summed E-state index contributed by atoms with van der Waals surface area (Å²) in [6.07, 6.45) is 7.36. The predicted molar refractivity (Wildman–Crippen MR) is 103 cm³/mol. The van der Waals surface area contributed by atoms with Crippen molar-refractivity contribution in [1.82, 2.24) is 24.8 Å². The van der Waals surface area contributed by atoms with Gasteiger partial charge in [0, 0.05) is 42.7 Å². The molecule has 0 amide bonds. The van der Waals surface area contributed by atoms with Crippen LogP contribution in [0.15, 0.2) is 67.3 Å². The molecule has 132 valence electrons. The molecule has 6 nitrogen and oxygen atoms in total. The van der Waals surface area contributed by atoms with Crippen molar-refractivity contribution < 1.29 is 5.11 Å². The average molecular weight is 365 g/mol. The Hall–Kier alpha value is -2.77. The lowest BCUT2D eigenvalue weighted by Gasteiger charge is -2.28. The van der Waals surface area contributed by atoms with Gasteiger partial charge in [-0.3, -0.25) is 9.97 Å². The molecule has 2 atom stereocenters. The zero-order valence-corrected chi connectivity index (χ0v) is 14.9. The largest absolute Gasteiger partial charge is 0.395 e. The van der Waals surface area contributed by atoms with Gasteiger partial charge in [0.2, 0.25) is 0 Å². The Morgan fingerprint density at radius 3 is 2.65 bits per heavy atom. The van der Waals surface area contributed by atoms with Crippen LogP contribution in [0.2, 0.25) is 0 Å². The summed E-state index contributed by atoms with van der Waals surface area (Å²) in [5.74, 6) is 0. The van der Waals surface area contributed by atoms with Crippen molar-refractivity contribution in [1.29, 1.82) is 0 Å². The second-order valence-electron chi connectivity index (χ2n) is 6.05. The molecule has 0 aromatic carbocycles. The van der Waals surface area contributed by atoms with Gasteiger partial charge in [0.15, 0.2) is 5.11 Å². The van der Waals surface area contributed by atoms with Crippen LogP contribution in [-0.4, -0.2) is 42.8 Å². The van der Waals surface area contributed by atoms with Gasteiger partial charge in [-0.15, -0.1) is 0 Å². The fraction of sp³-hybridized carbons (Fsp3) is 0.211. The fourth-order valence-corrected chi connectivity index (χ4v) is 3.78. The molecule has 26 heavy (non-hydrogen) atoms. The molecule has 0 bridgehead atoms. The minimum absolute atomic E-state index is 0.0310. The van der Waals surface area contributed by atoms with E-state index < -0.39 is 0 Å². The molecule has 1 aliphatic heterocycles. The molecular formula is C19H19N5OS. The van der Waals surface area contributed by atoms with Crippen molar-refractivity contribution >= 4 is 17.3 Å². The van der Waals surface area contributed by atoms with E-state index in [1.165, 1.54) is 0 Å². The maximum atomic E-state index is 9.54. The third kappa shape index (κ3) is 2.95. The number of nitrogens with one attached hydrogen (secondary N) is 1. The number of rotatable bonds is 5. The zero-order chi connectivity index (χ0) is 17.9. The van der Waals surface area contributed by atoms with E-state index in [4.69, 9.17) is 12.2 Å². The van der Waals surface area contributed by atoms with E-state index in [1.807, 2.05) is 47.5 Å². The van der Waals surface area contributed by atoms with E-state index in [2.05, 4.69) is 25.9 Å². The van der Waals surface area contributed by atoms with Gasteiger partial charge >= 0.3 is 0 Å². The Morgan fingerprint density at radius 1 is 1.08 bits per heavy atom. The molecule has 1 saturated heterocycles. The number of aliphatic hydroxyl groups excluding tert-OH is 1. The minimum Gasteiger partial charge on any atom is -0.395 e. The fourth-order valence-electron chi connectivity index (χ4n) is 3.45. The van der Waals surface area contributed by atoms with Gasteiger partial charge in [0.1, 0.15) is 0 Å². The van der Waals surface area contributed by atoms with E-state index >= 15 is 0 Å². The lowest BCUT2D eigenvalue weighted by atomic mass is 10.0. The highest BCUT2D eigenvalue weighted by Crippen LogP contribution is 2.39. The number of aliphatic hydroxyl groups is 1. The Bertz CT molecular complexity index is 883. The lowest BCUT2D eigenvalue weighted by molar-refractivity contribution is 0.220. The van der Waals surface area contributed by atoms with Gasteiger partial charge in [0.05, 0.1) is 24.4 Å². The van der Waals surface area contributed by atoms with Crippen molar-refractivity contribution in [2.24, 2.45) is 0 Å². The highest BCUT2D eigenvalue weighted by Gasteiger charge is 2.40. The Balaban J connectivity index is 1.81. The molecule has 0 saturated carbocycles. The molecule has 2 N–H and O–H groups in total. The zero-order valence-electron chi connectivity index (χ0n) is 14.1. The first-order chi connectivity index (χ1) is 12.8. The van der Waals surface area contributed by atoms with Gasteiger partial charge in [0.25, 0.3) is 0 Å². The number of nitrogens with zero attached hydrogens (tertiary/aromatic N) is 4. The van der Waals surface area contributed by atoms with E-state index in [0.29, 0.717) is 11.7 Å². The Morgan fingerprint density at radius 2 is 1.92 bits per heavy atom. The van der Waals surface area contributed by atoms with Crippen molar-refractivity contribution in [3.63, 3.8) is 0 Å². The highest BCUT2D eigenvalue weighted by atomic mass is 32.1. The van der Waals surface area contributed by atoms with Crippen LogP contribution < -0.4 is 5.32 Å². The summed E-state index contributed by atoms with van der Waals surface area (Å²) in [5.41, 5.74) is 3.02. The molecule has 0 aliphatic carbocycles. The number of thiocarbonyl (C=S) groups is 1. The molecule has 1 fully saturated rings. The van der Waals surface area contributed by atoms with E-state index in [1.54, 1.807) is 18.6 Å². The summed E-state index contributed by atoms with van der Waals surface area (Å²) in [6, 6.07) is 13.7. The van der Waals surface area contributed by atoms with Crippen molar-refractivity contribution in [3.8, 4) is 5.69 Å². The van der Waals surface area contributed by atoms with Gasteiger partial charge in [-0.2, -0.15) is 0 Å². The van der Waals surface area contributed by atoms with Gasteiger partial charge in [-0.05, 0) is 48.6 Å². The van der Waals surface area contributed by atoms with E-state index in [-0.39, 0.29) is 18.7 Å². The van der Waals surface area contributed by atoms with Gasteiger partial charge in [-0.25, -0.2) is 0 Å². The molecule has 3 aromatic heterocycles. The van der Waals surface area contributed by atoms with Gasteiger partial charge < -0.3 is 19.9 Å². The first-order valence-electron chi connectivity index (χ1n) is 8.46. The van der Waals surface area contributed by atoms with Crippen molar-refractivity contribution in [2.45, 2.75) is 12.1 Å². The van der Waals surface area contributed by atoms with Gasteiger partial charge in [-0.1, -0.05) is 6.07 Å². The summed E-state index contributed by atoms with van der Waals surface area (Å²) in [5, 5.41) is 13.6. The molecule has 0 spiro atoms. The maximum absolute atomic E-state index is 9.54. The number of pyridine rings is 2. The normalized spacial score (nSPS) is 19.6. The number of hydrogen-bond donors (Lipinski definition) is 2. The molecule has 1 aliphatic rings. The van der Waals surface area contributed by atoms with Crippen LogP contribution in [0.25, 0.3) is 5.69 Å². The molecule has 7 heteroatoms.